The number of nitrogens with one attached hydrogen (secondary N) is 1. The predicted octanol–water partition coefficient (Wildman–Crippen LogP) is 3.71. The Labute approximate surface area is 177 Å². The molecule has 5 nitrogen and oxygen atoms in total. The number of hydrogen-bond donors (Lipinski definition) is 1. The van der Waals surface area contributed by atoms with Gasteiger partial charge >= 0.3 is 5.97 Å². The molecule has 7 heteroatoms. The molecule has 0 saturated carbocycles. The lowest BCUT2D eigenvalue weighted by atomic mass is 9.99. The lowest BCUT2D eigenvalue weighted by Gasteiger charge is -2.17. The van der Waals surface area contributed by atoms with E-state index in [2.05, 4.69) is 5.32 Å². The van der Waals surface area contributed by atoms with Gasteiger partial charge in [-0.2, -0.15) is 0 Å². The van der Waals surface area contributed by atoms with Crippen molar-refractivity contribution in [3.63, 3.8) is 0 Å². The summed E-state index contributed by atoms with van der Waals surface area (Å²) >= 11 is 0. The fourth-order valence-electron chi connectivity index (χ4n) is 3.03. The van der Waals surface area contributed by atoms with Gasteiger partial charge in [-0.05, 0) is 17.7 Å². The largest absolute Gasteiger partial charge is 0.467 e. The van der Waals surface area contributed by atoms with E-state index in [9.17, 15) is 23.2 Å². The van der Waals surface area contributed by atoms with Crippen molar-refractivity contribution in [1.29, 1.82) is 0 Å². The number of carbonyl (C=O) groups excluding carboxylic acids is 3. The third-order valence-corrected chi connectivity index (χ3v) is 4.66. The minimum absolute atomic E-state index is 0.0566. The molecule has 0 saturated heterocycles. The van der Waals surface area contributed by atoms with Gasteiger partial charge in [0.05, 0.1) is 12.7 Å². The molecule has 0 aromatic heterocycles. The highest BCUT2D eigenvalue weighted by molar-refractivity contribution is 6.08. The molecule has 0 bridgehead atoms. The summed E-state index contributed by atoms with van der Waals surface area (Å²) in [4.78, 5) is 37.0. The van der Waals surface area contributed by atoms with Gasteiger partial charge in [0, 0.05) is 23.6 Å². The summed E-state index contributed by atoms with van der Waals surface area (Å²) in [5, 5.41) is 2.41. The van der Waals surface area contributed by atoms with E-state index in [-0.39, 0.29) is 17.8 Å². The van der Waals surface area contributed by atoms with E-state index in [4.69, 9.17) is 4.74 Å². The van der Waals surface area contributed by atoms with Crippen LogP contribution in [0.5, 0.6) is 0 Å². The van der Waals surface area contributed by atoms with Crippen molar-refractivity contribution in [2.24, 2.45) is 0 Å². The van der Waals surface area contributed by atoms with Gasteiger partial charge in [-0.25, -0.2) is 13.6 Å². The zero-order valence-electron chi connectivity index (χ0n) is 16.6. The molecule has 1 atom stereocenters. The van der Waals surface area contributed by atoms with Crippen molar-refractivity contribution in [1.82, 2.24) is 5.32 Å². The smallest absolute Gasteiger partial charge is 0.328 e. The summed E-state index contributed by atoms with van der Waals surface area (Å²) in [6.07, 6.45) is 0.0566. The van der Waals surface area contributed by atoms with Gasteiger partial charge in [-0.15, -0.1) is 0 Å². The van der Waals surface area contributed by atoms with Crippen LogP contribution in [0.15, 0.2) is 72.8 Å². The summed E-state index contributed by atoms with van der Waals surface area (Å²) < 4.78 is 31.7. The fourth-order valence-corrected chi connectivity index (χ4v) is 3.03. The maximum atomic E-state index is 13.9. The minimum atomic E-state index is -1.10. The van der Waals surface area contributed by atoms with E-state index in [1.165, 1.54) is 7.11 Å². The van der Waals surface area contributed by atoms with Crippen LogP contribution in [0.1, 0.15) is 31.8 Å². The second kappa shape index (κ2) is 9.75. The number of methoxy groups -OCH3 is 1. The number of ketones is 1. The van der Waals surface area contributed by atoms with E-state index in [0.29, 0.717) is 22.8 Å². The van der Waals surface area contributed by atoms with Crippen LogP contribution >= 0.6 is 0 Å². The zero-order valence-corrected chi connectivity index (χ0v) is 16.6. The molecule has 3 aromatic carbocycles. The van der Waals surface area contributed by atoms with Crippen LogP contribution in [0, 0.1) is 11.6 Å². The van der Waals surface area contributed by atoms with Crippen molar-refractivity contribution in [3.8, 4) is 0 Å². The standard InChI is InChI=1S/C24H19F2NO4/c1-31-24(30)21(27-23(29)19-12-11-18(25)14-20(19)26)13-15-7-9-17(10-8-15)22(28)16-5-3-2-4-6-16/h2-12,14,21H,13H2,1H3,(H,27,29)/t21-/m0/s1. The minimum Gasteiger partial charge on any atom is -0.467 e. The van der Waals surface area contributed by atoms with Gasteiger partial charge in [0.15, 0.2) is 5.78 Å². The Morgan fingerprint density at radius 3 is 2.16 bits per heavy atom. The monoisotopic (exact) mass is 423 g/mol. The van der Waals surface area contributed by atoms with Crippen LogP contribution in [-0.2, 0) is 16.0 Å². The number of ether oxygens (including phenoxy) is 1. The number of esters is 1. The molecule has 0 aliphatic rings. The Balaban J connectivity index is 1.74. The average molecular weight is 423 g/mol. The normalized spacial score (nSPS) is 11.5. The second-order valence-electron chi connectivity index (χ2n) is 6.77. The Morgan fingerprint density at radius 1 is 0.903 bits per heavy atom. The Bertz CT molecular complexity index is 1100. The lowest BCUT2D eigenvalue weighted by Crippen LogP contribution is -2.43. The van der Waals surface area contributed by atoms with Gasteiger partial charge in [-0.3, -0.25) is 9.59 Å². The molecule has 0 aliphatic heterocycles. The Hall–Kier alpha value is -3.87. The molecule has 158 valence electrons. The Kier molecular flexibility index (Phi) is 6.87. The molecule has 3 rings (SSSR count). The van der Waals surface area contributed by atoms with E-state index in [1.54, 1.807) is 48.5 Å². The molecule has 1 amide bonds. The second-order valence-corrected chi connectivity index (χ2v) is 6.77. The predicted molar refractivity (Wildman–Crippen MR) is 110 cm³/mol. The van der Waals surface area contributed by atoms with E-state index < -0.39 is 29.6 Å². The van der Waals surface area contributed by atoms with Gasteiger partial charge in [-0.1, -0.05) is 54.6 Å². The average Bonchev–Trinajstić information content (AvgIpc) is 2.78. The lowest BCUT2D eigenvalue weighted by molar-refractivity contribution is -0.142. The van der Waals surface area contributed by atoms with Crippen molar-refractivity contribution in [3.05, 3.63) is 107 Å². The molecular formula is C24H19F2NO4. The number of halogens is 2. The van der Waals surface area contributed by atoms with Crippen LogP contribution in [0.2, 0.25) is 0 Å². The molecule has 3 aromatic rings. The SMILES string of the molecule is COC(=O)[C@H](Cc1ccc(C(=O)c2ccccc2)cc1)NC(=O)c1ccc(F)cc1F. The first-order valence-corrected chi connectivity index (χ1v) is 9.41. The third kappa shape index (κ3) is 5.39. The van der Waals surface area contributed by atoms with E-state index in [0.717, 1.165) is 12.1 Å². The topological polar surface area (TPSA) is 72.5 Å². The first kappa shape index (κ1) is 21.8. The first-order chi connectivity index (χ1) is 14.9. The highest BCUT2D eigenvalue weighted by atomic mass is 19.1. The number of benzene rings is 3. The van der Waals surface area contributed by atoms with Crippen molar-refractivity contribution in [2.75, 3.05) is 7.11 Å². The zero-order chi connectivity index (χ0) is 22.4. The maximum Gasteiger partial charge on any atom is 0.328 e. The van der Waals surface area contributed by atoms with Crippen LogP contribution in [-0.4, -0.2) is 30.8 Å². The van der Waals surface area contributed by atoms with Crippen molar-refractivity contribution in [2.45, 2.75) is 12.5 Å². The molecule has 0 radical (unpaired) electrons. The van der Waals surface area contributed by atoms with Crippen LogP contribution in [0.25, 0.3) is 0 Å². The van der Waals surface area contributed by atoms with Gasteiger partial charge < -0.3 is 10.1 Å². The number of hydrogen-bond acceptors (Lipinski definition) is 4. The molecule has 0 unspecified atom stereocenters. The first-order valence-electron chi connectivity index (χ1n) is 9.41. The molecule has 0 heterocycles. The molecule has 0 spiro atoms. The highest BCUT2D eigenvalue weighted by Crippen LogP contribution is 2.14. The van der Waals surface area contributed by atoms with Crippen molar-refractivity contribution < 1.29 is 27.9 Å². The summed E-state index contributed by atoms with van der Waals surface area (Å²) in [5.74, 6) is -3.59. The summed E-state index contributed by atoms with van der Waals surface area (Å²) in [6.45, 7) is 0. The number of rotatable bonds is 7. The van der Waals surface area contributed by atoms with Crippen LogP contribution < -0.4 is 5.32 Å². The fraction of sp³-hybridized carbons (Fsp3) is 0.125. The summed E-state index contributed by atoms with van der Waals surface area (Å²) in [6, 6.07) is 16.8. The van der Waals surface area contributed by atoms with Gasteiger partial charge in [0.25, 0.3) is 5.91 Å². The maximum absolute atomic E-state index is 13.9. The summed E-state index contributed by atoms with van der Waals surface area (Å²) in [7, 11) is 1.17. The van der Waals surface area contributed by atoms with E-state index >= 15 is 0 Å². The van der Waals surface area contributed by atoms with Gasteiger partial charge in [0.1, 0.15) is 17.7 Å². The Morgan fingerprint density at radius 2 is 1.55 bits per heavy atom. The molecule has 0 aliphatic carbocycles. The summed E-state index contributed by atoms with van der Waals surface area (Å²) in [5.41, 5.74) is 1.29. The third-order valence-electron chi connectivity index (χ3n) is 4.66. The molecule has 31 heavy (non-hydrogen) atoms. The highest BCUT2D eigenvalue weighted by Gasteiger charge is 2.24. The molecule has 1 N–H and O–H groups in total. The van der Waals surface area contributed by atoms with Gasteiger partial charge in [0.2, 0.25) is 0 Å². The van der Waals surface area contributed by atoms with Crippen LogP contribution in [0.3, 0.4) is 0 Å². The number of carbonyl (C=O) groups is 3. The molecule has 0 fully saturated rings. The quantitative estimate of drug-likeness (QED) is 0.465. The number of amides is 1. The van der Waals surface area contributed by atoms with E-state index in [1.807, 2.05) is 6.07 Å². The molecular weight excluding hydrogens is 404 g/mol. The van der Waals surface area contributed by atoms with Crippen molar-refractivity contribution >= 4 is 17.7 Å². The van der Waals surface area contributed by atoms with Crippen LogP contribution in [0.4, 0.5) is 8.78 Å².